The molecule has 0 saturated heterocycles. The Morgan fingerprint density at radius 1 is 1.16 bits per heavy atom. The van der Waals surface area contributed by atoms with Gasteiger partial charge in [0.25, 0.3) is 5.91 Å². The van der Waals surface area contributed by atoms with Crippen molar-refractivity contribution in [2.75, 3.05) is 5.01 Å². The van der Waals surface area contributed by atoms with Gasteiger partial charge in [-0.05, 0) is 36.4 Å². The molecule has 4 nitrogen and oxygen atoms in total. The van der Waals surface area contributed by atoms with E-state index in [-0.39, 0.29) is 12.3 Å². The van der Waals surface area contributed by atoms with Gasteiger partial charge >= 0.3 is 0 Å². The molecule has 2 heterocycles. The van der Waals surface area contributed by atoms with E-state index in [0.29, 0.717) is 10.7 Å². The normalized spacial score (nSPS) is 14.7. The molecule has 1 aliphatic heterocycles. The minimum atomic E-state index is -0.0545. The highest BCUT2D eigenvalue weighted by Crippen LogP contribution is 2.24. The molecule has 2 aromatic rings. The Morgan fingerprint density at radius 3 is 2.63 bits per heavy atom. The molecule has 0 bridgehead atoms. The Balaban J connectivity index is 1.93. The SMILES string of the molecule is O=C1CC(c2cccnc2)=NN1c1ccc(Cl)cc1. The van der Waals surface area contributed by atoms with E-state index < -0.39 is 0 Å². The lowest BCUT2D eigenvalue weighted by Crippen LogP contribution is -2.19. The number of hydrazone groups is 1. The van der Waals surface area contributed by atoms with Crippen molar-refractivity contribution in [3.63, 3.8) is 0 Å². The van der Waals surface area contributed by atoms with E-state index in [4.69, 9.17) is 11.6 Å². The molecular weight excluding hydrogens is 262 g/mol. The molecule has 0 unspecified atom stereocenters. The summed E-state index contributed by atoms with van der Waals surface area (Å²) in [6.07, 6.45) is 3.68. The Morgan fingerprint density at radius 2 is 1.95 bits per heavy atom. The standard InChI is InChI=1S/C14H10ClN3O/c15-11-3-5-12(6-4-11)18-14(19)8-13(17-18)10-2-1-7-16-9-10/h1-7,9H,8H2. The first-order valence-corrected chi connectivity index (χ1v) is 6.18. The Hall–Kier alpha value is -2.20. The number of amides is 1. The van der Waals surface area contributed by atoms with Crippen molar-refractivity contribution in [2.24, 2.45) is 5.10 Å². The highest BCUT2D eigenvalue weighted by molar-refractivity contribution is 6.30. The lowest BCUT2D eigenvalue weighted by Gasteiger charge is -2.11. The number of anilines is 1. The molecule has 1 aromatic carbocycles. The van der Waals surface area contributed by atoms with E-state index in [1.807, 2.05) is 12.1 Å². The minimum Gasteiger partial charge on any atom is -0.272 e. The van der Waals surface area contributed by atoms with Gasteiger partial charge in [-0.1, -0.05) is 11.6 Å². The van der Waals surface area contributed by atoms with Gasteiger partial charge in [-0.25, -0.2) is 5.01 Å². The minimum absolute atomic E-state index is 0.0545. The van der Waals surface area contributed by atoms with Crippen LogP contribution in [0.5, 0.6) is 0 Å². The summed E-state index contributed by atoms with van der Waals surface area (Å²) < 4.78 is 0. The molecule has 1 amide bonds. The van der Waals surface area contributed by atoms with Crippen LogP contribution in [0.15, 0.2) is 53.9 Å². The van der Waals surface area contributed by atoms with E-state index in [0.717, 1.165) is 11.3 Å². The van der Waals surface area contributed by atoms with Gasteiger partial charge in [0.1, 0.15) is 0 Å². The summed E-state index contributed by atoms with van der Waals surface area (Å²) in [5, 5.41) is 6.39. The van der Waals surface area contributed by atoms with Gasteiger partial charge < -0.3 is 0 Å². The monoisotopic (exact) mass is 271 g/mol. The van der Waals surface area contributed by atoms with Crippen molar-refractivity contribution in [3.05, 3.63) is 59.4 Å². The van der Waals surface area contributed by atoms with E-state index in [2.05, 4.69) is 10.1 Å². The van der Waals surface area contributed by atoms with Gasteiger partial charge in [0.15, 0.2) is 0 Å². The third-order valence-corrected chi connectivity index (χ3v) is 3.09. The van der Waals surface area contributed by atoms with Crippen LogP contribution in [-0.2, 0) is 4.79 Å². The molecule has 1 aliphatic rings. The second kappa shape index (κ2) is 4.82. The van der Waals surface area contributed by atoms with Crippen molar-refractivity contribution >= 4 is 28.9 Å². The van der Waals surface area contributed by atoms with Gasteiger partial charge in [0.05, 0.1) is 17.8 Å². The van der Waals surface area contributed by atoms with Gasteiger partial charge in [0.2, 0.25) is 0 Å². The summed E-state index contributed by atoms with van der Waals surface area (Å²) in [5.74, 6) is -0.0545. The molecule has 0 radical (unpaired) electrons. The van der Waals surface area contributed by atoms with Gasteiger partial charge in [-0.3, -0.25) is 9.78 Å². The zero-order valence-corrected chi connectivity index (χ0v) is 10.7. The summed E-state index contributed by atoms with van der Waals surface area (Å²) in [6, 6.07) is 10.7. The first-order valence-electron chi connectivity index (χ1n) is 5.80. The molecule has 1 aromatic heterocycles. The van der Waals surface area contributed by atoms with E-state index >= 15 is 0 Å². The number of aromatic nitrogens is 1. The lowest BCUT2D eigenvalue weighted by atomic mass is 10.1. The van der Waals surface area contributed by atoms with E-state index in [9.17, 15) is 4.79 Å². The third kappa shape index (κ3) is 2.35. The number of carbonyl (C=O) groups is 1. The molecule has 5 heteroatoms. The number of hydrogen-bond donors (Lipinski definition) is 0. The third-order valence-electron chi connectivity index (χ3n) is 2.84. The van der Waals surface area contributed by atoms with Gasteiger partial charge in [0, 0.05) is 23.0 Å². The van der Waals surface area contributed by atoms with Crippen molar-refractivity contribution < 1.29 is 4.79 Å². The fourth-order valence-electron chi connectivity index (χ4n) is 1.91. The zero-order valence-electron chi connectivity index (χ0n) is 9.95. The summed E-state index contributed by atoms with van der Waals surface area (Å²) in [7, 11) is 0. The summed E-state index contributed by atoms with van der Waals surface area (Å²) in [4.78, 5) is 16.0. The average molecular weight is 272 g/mol. The van der Waals surface area contributed by atoms with Gasteiger partial charge in [-0.15, -0.1) is 0 Å². The molecule has 0 N–H and O–H groups in total. The largest absolute Gasteiger partial charge is 0.272 e. The van der Waals surface area contributed by atoms with Crippen LogP contribution < -0.4 is 5.01 Å². The fourth-order valence-corrected chi connectivity index (χ4v) is 2.03. The van der Waals surface area contributed by atoms with Crippen LogP contribution in [0.4, 0.5) is 5.69 Å². The maximum atomic E-state index is 12.0. The smallest absolute Gasteiger partial charge is 0.253 e. The summed E-state index contributed by atoms with van der Waals surface area (Å²) in [5.41, 5.74) is 2.31. The molecular formula is C14H10ClN3O. The Labute approximate surface area is 115 Å². The fraction of sp³-hybridized carbons (Fsp3) is 0.0714. The van der Waals surface area contributed by atoms with Gasteiger partial charge in [-0.2, -0.15) is 5.10 Å². The zero-order chi connectivity index (χ0) is 13.2. The predicted molar refractivity (Wildman–Crippen MR) is 74.3 cm³/mol. The molecule has 3 rings (SSSR count). The summed E-state index contributed by atoms with van der Waals surface area (Å²) in [6.45, 7) is 0. The number of nitrogens with zero attached hydrogens (tertiary/aromatic N) is 3. The highest BCUT2D eigenvalue weighted by atomic mass is 35.5. The van der Waals surface area contributed by atoms with Crippen LogP contribution in [0.1, 0.15) is 12.0 Å². The number of carbonyl (C=O) groups excluding carboxylic acids is 1. The number of hydrogen-bond acceptors (Lipinski definition) is 3. The van der Waals surface area contributed by atoms with E-state index in [1.54, 1.807) is 36.7 Å². The van der Waals surface area contributed by atoms with Crippen molar-refractivity contribution in [1.29, 1.82) is 0 Å². The number of rotatable bonds is 2. The number of benzene rings is 1. The van der Waals surface area contributed by atoms with Crippen LogP contribution in [0.25, 0.3) is 0 Å². The number of halogens is 1. The second-order valence-electron chi connectivity index (χ2n) is 4.15. The van der Waals surface area contributed by atoms with Crippen LogP contribution in [0.3, 0.4) is 0 Å². The van der Waals surface area contributed by atoms with Crippen molar-refractivity contribution in [1.82, 2.24) is 4.98 Å². The quantitative estimate of drug-likeness (QED) is 0.843. The van der Waals surface area contributed by atoms with Crippen LogP contribution in [0, 0.1) is 0 Å². The highest BCUT2D eigenvalue weighted by Gasteiger charge is 2.25. The van der Waals surface area contributed by atoms with Crippen molar-refractivity contribution in [3.8, 4) is 0 Å². The average Bonchev–Trinajstić information content (AvgIpc) is 2.83. The van der Waals surface area contributed by atoms with E-state index in [1.165, 1.54) is 5.01 Å². The summed E-state index contributed by atoms with van der Waals surface area (Å²) >= 11 is 5.83. The number of pyridine rings is 1. The predicted octanol–water partition coefficient (Wildman–Crippen LogP) is 2.88. The molecule has 0 aliphatic carbocycles. The Bertz CT molecular complexity index is 638. The molecule has 0 atom stereocenters. The second-order valence-corrected chi connectivity index (χ2v) is 4.58. The first-order chi connectivity index (χ1) is 9.24. The molecule has 94 valence electrons. The topological polar surface area (TPSA) is 45.6 Å². The maximum absolute atomic E-state index is 12.0. The van der Waals surface area contributed by atoms with Crippen LogP contribution >= 0.6 is 11.6 Å². The van der Waals surface area contributed by atoms with Crippen LogP contribution in [-0.4, -0.2) is 16.6 Å². The first kappa shape index (κ1) is 11.9. The lowest BCUT2D eigenvalue weighted by molar-refractivity contribution is -0.116. The molecule has 0 saturated carbocycles. The maximum Gasteiger partial charge on any atom is 0.253 e. The molecule has 0 spiro atoms. The molecule has 0 fully saturated rings. The Kier molecular flexibility index (Phi) is 3.01. The van der Waals surface area contributed by atoms with Crippen LogP contribution in [0.2, 0.25) is 5.02 Å². The van der Waals surface area contributed by atoms with Crippen molar-refractivity contribution in [2.45, 2.75) is 6.42 Å². The molecule has 19 heavy (non-hydrogen) atoms.